The van der Waals surface area contributed by atoms with Crippen molar-refractivity contribution in [2.45, 2.75) is 9.65 Å². The van der Waals surface area contributed by atoms with Gasteiger partial charge in [0.1, 0.15) is 15.6 Å². The standard InChI is InChI=1S/C11H10Br2O5/c12-11(13)4-3-8(14)7(5-11)6-18-10(17)2-1-9(15)16/h1-3,5,14H,4,6H2,(H,15,16). The number of aliphatic carboxylic acids is 1. The number of hydrogen-bond donors (Lipinski definition) is 2. The number of alkyl halides is 2. The maximum absolute atomic E-state index is 11.1. The predicted molar refractivity (Wildman–Crippen MR) is 71.7 cm³/mol. The number of rotatable bonds is 4. The summed E-state index contributed by atoms with van der Waals surface area (Å²) in [6, 6.07) is 0. The van der Waals surface area contributed by atoms with Gasteiger partial charge >= 0.3 is 11.9 Å². The first-order valence-corrected chi connectivity index (χ1v) is 6.45. The fourth-order valence-electron chi connectivity index (χ4n) is 1.20. The molecular weight excluding hydrogens is 372 g/mol. The van der Waals surface area contributed by atoms with Crippen LogP contribution in [0.2, 0.25) is 0 Å². The van der Waals surface area contributed by atoms with Crippen molar-refractivity contribution in [3.63, 3.8) is 0 Å². The second-order valence-electron chi connectivity index (χ2n) is 3.50. The Bertz CT molecular complexity index is 448. The Balaban J connectivity index is 2.58. The molecule has 98 valence electrons. The highest BCUT2D eigenvalue weighted by Crippen LogP contribution is 2.37. The Hall–Kier alpha value is -1.08. The van der Waals surface area contributed by atoms with Gasteiger partial charge in [-0.25, -0.2) is 9.59 Å². The lowest BCUT2D eigenvalue weighted by atomic mass is 10.1. The van der Waals surface area contributed by atoms with Crippen LogP contribution in [0.3, 0.4) is 0 Å². The predicted octanol–water partition coefficient (Wildman–Crippen LogP) is 2.43. The minimum atomic E-state index is -1.23. The molecule has 0 radical (unpaired) electrons. The van der Waals surface area contributed by atoms with E-state index in [1.54, 1.807) is 12.2 Å². The maximum Gasteiger partial charge on any atom is 0.331 e. The molecule has 18 heavy (non-hydrogen) atoms. The number of carbonyl (C=O) groups is 2. The third-order valence-electron chi connectivity index (χ3n) is 2.01. The first kappa shape index (κ1) is 15.0. The Morgan fingerprint density at radius 2 is 2.11 bits per heavy atom. The van der Waals surface area contributed by atoms with Gasteiger partial charge in [0.15, 0.2) is 0 Å². The highest BCUT2D eigenvalue weighted by molar-refractivity contribution is 9.25. The summed E-state index contributed by atoms with van der Waals surface area (Å²) in [7, 11) is 0. The summed E-state index contributed by atoms with van der Waals surface area (Å²) >= 11 is 6.74. The summed E-state index contributed by atoms with van der Waals surface area (Å²) in [6.07, 6.45) is 5.31. The summed E-state index contributed by atoms with van der Waals surface area (Å²) < 4.78 is 4.33. The lowest BCUT2D eigenvalue weighted by Crippen LogP contribution is -2.16. The molecule has 0 amide bonds. The lowest BCUT2D eigenvalue weighted by molar-refractivity contribution is -0.137. The molecule has 0 bridgehead atoms. The Morgan fingerprint density at radius 3 is 2.72 bits per heavy atom. The van der Waals surface area contributed by atoms with Crippen molar-refractivity contribution in [2.24, 2.45) is 0 Å². The molecule has 0 fully saturated rings. The van der Waals surface area contributed by atoms with Gasteiger partial charge in [-0.1, -0.05) is 31.9 Å². The molecule has 7 heteroatoms. The van der Waals surface area contributed by atoms with Gasteiger partial charge in [-0.05, 0) is 18.6 Å². The van der Waals surface area contributed by atoms with Gasteiger partial charge in [-0.3, -0.25) is 0 Å². The van der Waals surface area contributed by atoms with E-state index in [-0.39, 0.29) is 12.4 Å². The molecule has 0 unspecified atom stereocenters. The van der Waals surface area contributed by atoms with Gasteiger partial charge in [0.25, 0.3) is 0 Å². The van der Waals surface area contributed by atoms with E-state index in [0.29, 0.717) is 18.1 Å². The van der Waals surface area contributed by atoms with Gasteiger partial charge in [-0.2, -0.15) is 0 Å². The zero-order valence-corrected chi connectivity index (χ0v) is 12.3. The third kappa shape index (κ3) is 5.05. The van der Waals surface area contributed by atoms with Gasteiger partial charge in [0.05, 0.1) is 0 Å². The van der Waals surface area contributed by atoms with Crippen LogP contribution in [0.15, 0.2) is 35.6 Å². The summed E-state index contributed by atoms with van der Waals surface area (Å²) in [6.45, 7) is -0.135. The fraction of sp³-hybridized carbons (Fsp3) is 0.273. The molecule has 0 aliphatic heterocycles. The van der Waals surface area contributed by atoms with Gasteiger partial charge < -0.3 is 14.9 Å². The minimum absolute atomic E-state index is 0.0412. The third-order valence-corrected chi connectivity index (χ3v) is 3.12. The van der Waals surface area contributed by atoms with Crippen LogP contribution < -0.4 is 0 Å². The molecule has 0 aromatic rings. The van der Waals surface area contributed by atoms with E-state index in [2.05, 4.69) is 31.9 Å². The number of aliphatic hydroxyl groups excluding tert-OH is 1. The average Bonchev–Trinajstić information content (AvgIpc) is 2.27. The molecule has 0 aromatic heterocycles. The number of aliphatic hydroxyl groups is 1. The summed E-state index contributed by atoms with van der Waals surface area (Å²) in [5.74, 6) is -1.97. The molecular formula is C11H10Br2O5. The number of carbonyl (C=O) groups excluding carboxylic acids is 1. The van der Waals surface area contributed by atoms with Crippen molar-refractivity contribution in [2.75, 3.05) is 6.61 Å². The molecule has 0 heterocycles. The van der Waals surface area contributed by atoms with Crippen molar-refractivity contribution in [3.05, 3.63) is 35.6 Å². The number of hydrogen-bond acceptors (Lipinski definition) is 4. The Labute approximate surface area is 120 Å². The van der Waals surface area contributed by atoms with Crippen molar-refractivity contribution >= 4 is 43.8 Å². The number of halogens is 2. The van der Waals surface area contributed by atoms with Crippen molar-refractivity contribution in [1.29, 1.82) is 0 Å². The number of ether oxygens (including phenoxy) is 1. The lowest BCUT2D eigenvalue weighted by Gasteiger charge is -2.21. The van der Waals surface area contributed by atoms with Crippen LogP contribution in [0.25, 0.3) is 0 Å². The molecule has 0 spiro atoms. The summed E-state index contributed by atoms with van der Waals surface area (Å²) in [4.78, 5) is 21.3. The molecule has 0 aromatic carbocycles. The molecule has 5 nitrogen and oxygen atoms in total. The summed E-state index contributed by atoms with van der Waals surface area (Å²) in [5.41, 5.74) is 0.437. The number of esters is 1. The summed E-state index contributed by atoms with van der Waals surface area (Å²) in [5, 5.41) is 17.9. The topological polar surface area (TPSA) is 83.8 Å². The Morgan fingerprint density at radius 1 is 1.44 bits per heavy atom. The van der Waals surface area contributed by atoms with E-state index in [4.69, 9.17) is 9.84 Å². The van der Waals surface area contributed by atoms with Crippen molar-refractivity contribution in [1.82, 2.24) is 0 Å². The zero-order valence-electron chi connectivity index (χ0n) is 9.10. The molecule has 0 atom stereocenters. The molecule has 1 rings (SSSR count). The highest BCUT2D eigenvalue weighted by atomic mass is 79.9. The van der Waals surface area contributed by atoms with Crippen LogP contribution in [0.4, 0.5) is 0 Å². The van der Waals surface area contributed by atoms with Crippen LogP contribution in [-0.4, -0.2) is 32.0 Å². The van der Waals surface area contributed by atoms with Crippen molar-refractivity contribution in [3.8, 4) is 0 Å². The molecule has 0 saturated heterocycles. The maximum atomic E-state index is 11.1. The van der Waals surface area contributed by atoms with Crippen LogP contribution >= 0.6 is 31.9 Å². The van der Waals surface area contributed by atoms with Crippen LogP contribution in [0, 0.1) is 0 Å². The molecule has 1 aliphatic rings. The Kier molecular flexibility index (Phi) is 5.15. The second-order valence-corrected chi connectivity index (χ2v) is 7.40. The van der Waals surface area contributed by atoms with E-state index in [9.17, 15) is 14.7 Å². The molecule has 1 aliphatic carbocycles. The number of carboxylic acid groups (broad SMARTS) is 1. The number of allylic oxidation sites excluding steroid dienone is 2. The molecule has 2 N–H and O–H groups in total. The SMILES string of the molecule is O=C(O)C=CC(=O)OCC1=CC(Br)(Br)CC=C1O. The van der Waals surface area contributed by atoms with Gasteiger partial charge in [-0.15, -0.1) is 0 Å². The van der Waals surface area contributed by atoms with E-state index in [1.807, 2.05) is 0 Å². The normalized spacial score (nSPS) is 18.1. The van der Waals surface area contributed by atoms with Gasteiger partial charge in [0.2, 0.25) is 0 Å². The minimum Gasteiger partial charge on any atom is -0.508 e. The second kappa shape index (κ2) is 6.19. The smallest absolute Gasteiger partial charge is 0.331 e. The highest BCUT2D eigenvalue weighted by Gasteiger charge is 2.25. The van der Waals surface area contributed by atoms with Crippen LogP contribution in [0.1, 0.15) is 6.42 Å². The van der Waals surface area contributed by atoms with E-state index < -0.39 is 15.2 Å². The zero-order chi connectivity index (χ0) is 13.8. The van der Waals surface area contributed by atoms with Crippen molar-refractivity contribution < 1.29 is 24.5 Å². The first-order chi connectivity index (χ1) is 8.30. The van der Waals surface area contributed by atoms with Crippen LogP contribution in [0.5, 0.6) is 0 Å². The number of carboxylic acids is 1. The van der Waals surface area contributed by atoms with Crippen LogP contribution in [-0.2, 0) is 14.3 Å². The quantitative estimate of drug-likeness (QED) is 0.444. The first-order valence-electron chi connectivity index (χ1n) is 4.87. The molecule has 0 saturated carbocycles. The largest absolute Gasteiger partial charge is 0.508 e. The van der Waals surface area contributed by atoms with E-state index in [1.165, 1.54) is 0 Å². The monoisotopic (exact) mass is 380 g/mol. The average molecular weight is 382 g/mol. The van der Waals surface area contributed by atoms with Gasteiger partial charge in [0, 0.05) is 17.7 Å². The van der Waals surface area contributed by atoms with E-state index in [0.717, 1.165) is 6.08 Å². The fourth-order valence-corrected chi connectivity index (χ4v) is 2.08. The van der Waals surface area contributed by atoms with E-state index >= 15 is 0 Å².